The number of nitrogens with one attached hydrogen (secondary N) is 2. The Morgan fingerprint density at radius 3 is 2.83 bits per heavy atom. The van der Waals surface area contributed by atoms with Crippen LogP contribution in [0.2, 0.25) is 0 Å². The largest absolute Gasteiger partial charge is 0.487 e. The summed E-state index contributed by atoms with van der Waals surface area (Å²) in [5, 5.41) is 6.64. The average molecular weight is 413 g/mol. The third-order valence-corrected chi connectivity index (χ3v) is 4.81. The fraction of sp³-hybridized carbons (Fsp3) is 0.478. The van der Waals surface area contributed by atoms with Crippen LogP contribution in [0.5, 0.6) is 5.75 Å². The van der Waals surface area contributed by atoms with E-state index in [-0.39, 0.29) is 0 Å². The van der Waals surface area contributed by atoms with Gasteiger partial charge in [0.2, 0.25) is 0 Å². The molecule has 2 heterocycles. The maximum atomic E-state index is 5.77. The van der Waals surface area contributed by atoms with Gasteiger partial charge in [0.25, 0.3) is 0 Å². The fourth-order valence-corrected chi connectivity index (χ4v) is 3.12. The highest BCUT2D eigenvalue weighted by molar-refractivity contribution is 5.79. The lowest BCUT2D eigenvalue weighted by molar-refractivity contribution is 0.0168. The van der Waals surface area contributed by atoms with Crippen LogP contribution in [0.4, 0.5) is 0 Å². The summed E-state index contributed by atoms with van der Waals surface area (Å²) < 4.78 is 17.0. The minimum absolute atomic E-state index is 0.291. The van der Waals surface area contributed by atoms with Gasteiger partial charge in [0.05, 0.1) is 18.4 Å². The molecule has 162 valence electrons. The minimum Gasteiger partial charge on any atom is -0.487 e. The smallest absolute Gasteiger partial charge is 0.191 e. The van der Waals surface area contributed by atoms with E-state index >= 15 is 0 Å². The maximum absolute atomic E-state index is 5.77. The topological polar surface area (TPSA) is 77.0 Å². The lowest BCUT2D eigenvalue weighted by Crippen LogP contribution is -2.37. The van der Waals surface area contributed by atoms with Gasteiger partial charge in [0, 0.05) is 39.5 Å². The van der Waals surface area contributed by atoms with Crippen molar-refractivity contribution in [2.45, 2.75) is 38.5 Å². The molecule has 0 amide bonds. The van der Waals surface area contributed by atoms with Crippen LogP contribution >= 0.6 is 0 Å². The maximum Gasteiger partial charge on any atom is 0.191 e. The van der Waals surface area contributed by atoms with Gasteiger partial charge in [-0.2, -0.15) is 0 Å². The second kappa shape index (κ2) is 12.8. The van der Waals surface area contributed by atoms with Crippen LogP contribution in [0.15, 0.2) is 53.7 Å². The van der Waals surface area contributed by atoms with Crippen molar-refractivity contribution in [2.75, 3.05) is 33.4 Å². The van der Waals surface area contributed by atoms with E-state index in [4.69, 9.17) is 14.2 Å². The minimum atomic E-state index is 0.291. The van der Waals surface area contributed by atoms with E-state index < -0.39 is 0 Å². The number of hydrogen-bond acceptors (Lipinski definition) is 5. The Morgan fingerprint density at radius 2 is 2.10 bits per heavy atom. The zero-order valence-electron chi connectivity index (χ0n) is 17.7. The molecule has 2 N–H and O–H groups in total. The Morgan fingerprint density at radius 1 is 1.20 bits per heavy atom. The average Bonchev–Trinajstić information content (AvgIpc) is 3.32. The molecule has 1 aliphatic rings. The first kappa shape index (κ1) is 22.1. The van der Waals surface area contributed by atoms with Gasteiger partial charge in [-0.25, -0.2) is 0 Å². The fourth-order valence-electron chi connectivity index (χ4n) is 3.12. The standard InChI is InChI=1S/C23H32N4O3/c1-24-23(26-13-5-14-28-18-22-7-4-15-29-22)27-16-19-8-10-21(11-9-19)30-17-20-6-2-3-12-25-20/h2-3,6,8-12,22H,4-5,7,13-18H2,1H3,(H2,24,26,27). The third kappa shape index (κ3) is 8.00. The van der Waals surface area contributed by atoms with Crippen molar-refractivity contribution < 1.29 is 14.2 Å². The Bertz CT molecular complexity index is 747. The first-order valence-corrected chi connectivity index (χ1v) is 10.6. The van der Waals surface area contributed by atoms with Crippen LogP contribution < -0.4 is 15.4 Å². The number of hydrogen-bond donors (Lipinski definition) is 2. The van der Waals surface area contributed by atoms with Gasteiger partial charge >= 0.3 is 0 Å². The van der Waals surface area contributed by atoms with Crippen LogP contribution in [0, 0.1) is 0 Å². The monoisotopic (exact) mass is 412 g/mol. The lowest BCUT2D eigenvalue weighted by atomic mass is 10.2. The zero-order chi connectivity index (χ0) is 20.9. The molecule has 3 rings (SSSR count). The predicted molar refractivity (Wildman–Crippen MR) is 118 cm³/mol. The molecule has 0 aliphatic carbocycles. The molecule has 0 saturated carbocycles. The van der Waals surface area contributed by atoms with Crippen molar-refractivity contribution in [1.29, 1.82) is 0 Å². The molecule has 1 fully saturated rings. The van der Waals surface area contributed by atoms with Crippen molar-refractivity contribution in [3.63, 3.8) is 0 Å². The normalized spacial score (nSPS) is 16.4. The SMILES string of the molecule is CN=C(NCCCOCC1CCCO1)NCc1ccc(OCc2ccccn2)cc1. The number of aromatic nitrogens is 1. The molecule has 1 saturated heterocycles. The molecular formula is C23H32N4O3. The van der Waals surface area contributed by atoms with Crippen molar-refractivity contribution in [1.82, 2.24) is 15.6 Å². The quantitative estimate of drug-likeness (QED) is 0.336. The van der Waals surface area contributed by atoms with Crippen LogP contribution in [0.25, 0.3) is 0 Å². The molecule has 1 aliphatic heterocycles. The van der Waals surface area contributed by atoms with E-state index in [2.05, 4.69) is 20.6 Å². The second-order valence-electron chi connectivity index (χ2n) is 7.17. The van der Waals surface area contributed by atoms with E-state index in [1.54, 1.807) is 13.2 Å². The van der Waals surface area contributed by atoms with Gasteiger partial charge in [-0.3, -0.25) is 9.98 Å². The van der Waals surface area contributed by atoms with Gasteiger partial charge < -0.3 is 24.8 Å². The van der Waals surface area contributed by atoms with E-state index in [0.29, 0.717) is 25.9 Å². The van der Waals surface area contributed by atoms with E-state index in [0.717, 1.165) is 62.0 Å². The summed E-state index contributed by atoms with van der Waals surface area (Å²) in [4.78, 5) is 8.53. The molecule has 30 heavy (non-hydrogen) atoms. The molecule has 1 unspecified atom stereocenters. The number of ether oxygens (including phenoxy) is 3. The number of benzene rings is 1. The molecule has 1 aromatic heterocycles. The molecule has 2 aromatic rings. The molecule has 1 atom stereocenters. The van der Waals surface area contributed by atoms with Gasteiger partial charge in [0.1, 0.15) is 12.4 Å². The summed E-state index contributed by atoms with van der Waals surface area (Å²) in [7, 11) is 1.78. The van der Waals surface area contributed by atoms with Crippen molar-refractivity contribution >= 4 is 5.96 Å². The molecule has 7 heteroatoms. The summed E-state index contributed by atoms with van der Waals surface area (Å²) in [6, 6.07) is 13.9. The summed E-state index contributed by atoms with van der Waals surface area (Å²) in [5.41, 5.74) is 2.07. The molecule has 7 nitrogen and oxygen atoms in total. The van der Waals surface area contributed by atoms with Crippen molar-refractivity contribution in [3.8, 4) is 5.75 Å². The summed E-state index contributed by atoms with van der Waals surface area (Å²) >= 11 is 0. The molecule has 1 aromatic carbocycles. The van der Waals surface area contributed by atoms with Crippen LogP contribution in [-0.2, 0) is 22.6 Å². The number of pyridine rings is 1. The van der Waals surface area contributed by atoms with Gasteiger partial charge in [0.15, 0.2) is 5.96 Å². The van der Waals surface area contributed by atoms with Crippen LogP contribution in [0.3, 0.4) is 0 Å². The van der Waals surface area contributed by atoms with E-state index in [1.165, 1.54) is 0 Å². The predicted octanol–water partition coefficient (Wildman–Crippen LogP) is 2.91. The highest BCUT2D eigenvalue weighted by Crippen LogP contribution is 2.14. The first-order chi connectivity index (χ1) is 14.8. The Kier molecular flexibility index (Phi) is 9.43. The molecule has 0 spiro atoms. The van der Waals surface area contributed by atoms with Crippen LogP contribution in [0.1, 0.15) is 30.5 Å². The highest BCUT2D eigenvalue weighted by Gasteiger charge is 2.14. The zero-order valence-corrected chi connectivity index (χ0v) is 17.7. The third-order valence-electron chi connectivity index (χ3n) is 4.81. The first-order valence-electron chi connectivity index (χ1n) is 10.6. The van der Waals surface area contributed by atoms with Crippen LogP contribution in [-0.4, -0.2) is 50.5 Å². The number of nitrogens with zero attached hydrogens (tertiary/aromatic N) is 2. The number of aliphatic imine (C=N–C) groups is 1. The van der Waals surface area contributed by atoms with E-state index in [9.17, 15) is 0 Å². The Labute approximate surface area is 178 Å². The summed E-state index contributed by atoms with van der Waals surface area (Å²) in [6.07, 6.45) is 5.26. The molecular weight excluding hydrogens is 380 g/mol. The van der Waals surface area contributed by atoms with Crippen molar-refractivity contribution in [2.24, 2.45) is 4.99 Å². The van der Waals surface area contributed by atoms with Gasteiger partial charge in [-0.1, -0.05) is 18.2 Å². The summed E-state index contributed by atoms with van der Waals surface area (Å²) in [5.74, 6) is 1.61. The van der Waals surface area contributed by atoms with Gasteiger partial charge in [-0.05, 0) is 49.1 Å². The highest BCUT2D eigenvalue weighted by atomic mass is 16.5. The molecule has 0 radical (unpaired) electrons. The molecule has 0 bridgehead atoms. The number of rotatable bonds is 11. The second-order valence-corrected chi connectivity index (χ2v) is 7.17. The van der Waals surface area contributed by atoms with Gasteiger partial charge in [-0.15, -0.1) is 0 Å². The van der Waals surface area contributed by atoms with E-state index in [1.807, 2.05) is 42.5 Å². The Hall–Kier alpha value is -2.64. The Balaban J connectivity index is 1.28. The number of guanidine groups is 1. The lowest BCUT2D eigenvalue weighted by Gasteiger charge is -2.13. The van der Waals surface area contributed by atoms with Crippen molar-refractivity contribution in [3.05, 3.63) is 59.9 Å². The summed E-state index contributed by atoms with van der Waals surface area (Å²) in [6.45, 7) is 4.27.